The summed E-state index contributed by atoms with van der Waals surface area (Å²) in [6, 6.07) is 9.48. The second-order valence-electron chi connectivity index (χ2n) is 3.77. The van der Waals surface area contributed by atoms with Gasteiger partial charge in [0, 0.05) is 24.2 Å². The summed E-state index contributed by atoms with van der Waals surface area (Å²) in [5.74, 6) is 0.00682. The number of carbonyl (C=O) groups is 1. The Morgan fingerprint density at radius 3 is 3.00 bits per heavy atom. The van der Waals surface area contributed by atoms with Crippen LogP contribution in [-0.2, 0) is 16.1 Å². The Labute approximate surface area is 99.0 Å². The van der Waals surface area contributed by atoms with Gasteiger partial charge in [-0.1, -0.05) is 6.07 Å². The Hall–Kier alpha value is -2.12. The van der Waals surface area contributed by atoms with Gasteiger partial charge in [0.05, 0.1) is 18.2 Å². The van der Waals surface area contributed by atoms with Crippen molar-refractivity contribution in [1.82, 2.24) is 4.57 Å². The van der Waals surface area contributed by atoms with Crippen molar-refractivity contribution in [2.45, 2.75) is 6.54 Å². The summed E-state index contributed by atoms with van der Waals surface area (Å²) in [5.41, 5.74) is 1.52. The van der Waals surface area contributed by atoms with E-state index < -0.39 is 0 Å². The SMILES string of the molecule is COCC(=O)Cn1ccc2c(C#N)cccc21. The van der Waals surface area contributed by atoms with Crippen LogP contribution in [-0.4, -0.2) is 24.1 Å². The second-order valence-corrected chi connectivity index (χ2v) is 3.77. The monoisotopic (exact) mass is 228 g/mol. The molecule has 0 saturated carbocycles. The molecule has 0 radical (unpaired) electrons. The minimum Gasteiger partial charge on any atom is -0.377 e. The van der Waals surface area contributed by atoms with Crippen LogP contribution in [0.4, 0.5) is 0 Å². The van der Waals surface area contributed by atoms with Crippen molar-refractivity contribution in [3.05, 3.63) is 36.0 Å². The van der Waals surface area contributed by atoms with Crippen LogP contribution < -0.4 is 0 Å². The molecular weight excluding hydrogens is 216 g/mol. The third-order valence-electron chi connectivity index (χ3n) is 2.59. The Balaban J connectivity index is 2.37. The highest BCUT2D eigenvalue weighted by atomic mass is 16.5. The molecule has 4 nitrogen and oxygen atoms in total. The lowest BCUT2D eigenvalue weighted by Gasteiger charge is -2.04. The minimum atomic E-state index is 0.00682. The van der Waals surface area contributed by atoms with Gasteiger partial charge >= 0.3 is 0 Å². The number of nitrogens with zero attached hydrogens (tertiary/aromatic N) is 2. The van der Waals surface area contributed by atoms with Gasteiger partial charge in [-0.2, -0.15) is 5.26 Å². The highest BCUT2D eigenvalue weighted by Crippen LogP contribution is 2.19. The molecule has 0 amide bonds. The van der Waals surface area contributed by atoms with Crippen molar-refractivity contribution in [3.8, 4) is 6.07 Å². The average Bonchev–Trinajstić information content (AvgIpc) is 2.73. The van der Waals surface area contributed by atoms with Crippen LogP contribution in [0.2, 0.25) is 0 Å². The molecule has 0 spiro atoms. The van der Waals surface area contributed by atoms with Crippen LogP contribution in [0.3, 0.4) is 0 Å². The van der Waals surface area contributed by atoms with Gasteiger partial charge in [0.25, 0.3) is 0 Å². The normalized spacial score (nSPS) is 10.4. The molecule has 0 aliphatic carbocycles. The molecule has 0 saturated heterocycles. The molecule has 1 aromatic carbocycles. The molecule has 2 rings (SSSR count). The van der Waals surface area contributed by atoms with Gasteiger partial charge in [-0.25, -0.2) is 0 Å². The lowest BCUT2D eigenvalue weighted by molar-refractivity contribution is -0.123. The Morgan fingerprint density at radius 1 is 1.47 bits per heavy atom. The lowest BCUT2D eigenvalue weighted by atomic mass is 10.1. The fourth-order valence-corrected chi connectivity index (χ4v) is 1.86. The van der Waals surface area contributed by atoms with Crippen LogP contribution in [0.5, 0.6) is 0 Å². The molecule has 0 N–H and O–H groups in total. The predicted octanol–water partition coefficient (Wildman–Crippen LogP) is 1.73. The highest BCUT2D eigenvalue weighted by Gasteiger charge is 2.08. The number of Topliss-reactive ketones (excluding diaryl/α,β-unsaturated/α-hetero) is 1. The smallest absolute Gasteiger partial charge is 0.178 e. The first kappa shape index (κ1) is 11.4. The summed E-state index contributed by atoms with van der Waals surface area (Å²) in [4.78, 5) is 11.5. The first-order valence-corrected chi connectivity index (χ1v) is 5.25. The van der Waals surface area contributed by atoms with E-state index in [9.17, 15) is 4.79 Å². The van der Waals surface area contributed by atoms with E-state index in [1.165, 1.54) is 7.11 Å². The van der Waals surface area contributed by atoms with Gasteiger partial charge in [-0.15, -0.1) is 0 Å². The number of aromatic nitrogens is 1. The number of methoxy groups -OCH3 is 1. The third-order valence-corrected chi connectivity index (χ3v) is 2.59. The molecule has 0 unspecified atom stereocenters. The molecule has 17 heavy (non-hydrogen) atoms. The number of fused-ring (bicyclic) bond motifs is 1. The predicted molar refractivity (Wildman–Crippen MR) is 63.5 cm³/mol. The number of benzene rings is 1. The van der Waals surface area contributed by atoms with Crippen LogP contribution in [0, 0.1) is 11.3 Å². The Bertz CT molecular complexity index is 593. The average molecular weight is 228 g/mol. The quantitative estimate of drug-likeness (QED) is 0.800. The fourth-order valence-electron chi connectivity index (χ4n) is 1.86. The van der Waals surface area contributed by atoms with Gasteiger partial charge in [0.2, 0.25) is 0 Å². The molecule has 2 aromatic rings. The largest absolute Gasteiger partial charge is 0.377 e. The zero-order chi connectivity index (χ0) is 12.3. The van der Waals surface area contributed by atoms with Crippen molar-refractivity contribution in [1.29, 1.82) is 5.26 Å². The van der Waals surface area contributed by atoms with Gasteiger partial charge in [0.1, 0.15) is 6.61 Å². The Kier molecular flexibility index (Phi) is 3.22. The van der Waals surface area contributed by atoms with E-state index >= 15 is 0 Å². The van der Waals surface area contributed by atoms with Crippen LogP contribution in [0.15, 0.2) is 30.5 Å². The zero-order valence-electron chi connectivity index (χ0n) is 9.51. The van der Waals surface area contributed by atoms with Crippen LogP contribution in [0.25, 0.3) is 10.9 Å². The second kappa shape index (κ2) is 4.81. The summed E-state index contributed by atoms with van der Waals surface area (Å²) in [6.45, 7) is 0.379. The molecule has 1 heterocycles. The summed E-state index contributed by atoms with van der Waals surface area (Å²) in [7, 11) is 1.50. The molecular formula is C13H12N2O2. The number of ether oxygens (including phenoxy) is 1. The third kappa shape index (κ3) is 2.19. The van der Waals surface area contributed by atoms with E-state index in [-0.39, 0.29) is 18.9 Å². The number of carbonyl (C=O) groups excluding carboxylic acids is 1. The molecule has 0 aliphatic rings. The van der Waals surface area contributed by atoms with E-state index in [2.05, 4.69) is 6.07 Å². The fraction of sp³-hybridized carbons (Fsp3) is 0.231. The van der Waals surface area contributed by atoms with Gasteiger partial charge < -0.3 is 9.30 Å². The van der Waals surface area contributed by atoms with Crippen molar-refractivity contribution in [3.63, 3.8) is 0 Å². The maximum absolute atomic E-state index is 11.5. The van der Waals surface area contributed by atoms with Crippen LogP contribution in [0.1, 0.15) is 5.56 Å². The van der Waals surface area contributed by atoms with Gasteiger partial charge in [0.15, 0.2) is 5.78 Å². The van der Waals surface area contributed by atoms with Gasteiger partial charge in [-0.3, -0.25) is 4.79 Å². The van der Waals surface area contributed by atoms with E-state index in [0.717, 1.165) is 10.9 Å². The van der Waals surface area contributed by atoms with Crippen molar-refractivity contribution < 1.29 is 9.53 Å². The molecule has 0 fully saturated rings. The molecule has 1 aromatic heterocycles. The number of rotatable bonds is 4. The first-order chi connectivity index (χ1) is 8.26. The molecule has 0 aliphatic heterocycles. The van der Waals surface area contributed by atoms with E-state index in [1.807, 2.05) is 29.0 Å². The van der Waals surface area contributed by atoms with E-state index in [1.54, 1.807) is 6.07 Å². The molecule has 86 valence electrons. The maximum Gasteiger partial charge on any atom is 0.178 e. The van der Waals surface area contributed by atoms with Gasteiger partial charge in [-0.05, 0) is 18.2 Å². The molecule has 4 heteroatoms. The highest BCUT2D eigenvalue weighted by molar-refractivity contribution is 5.88. The number of hydrogen-bond acceptors (Lipinski definition) is 3. The summed E-state index contributed by atoms with van der Waals surface area (Å²) in [6.07, 6.45) is 1.82. The first-order valence-electron chi connectivity index (χ1n) is 5.25. The standard InChI is InChI=1S/C13H12N2O2/c1-17-9-11(16)8-15-6-5-12-10(7-14)3-2-4-13(12)15/h2-6H,8-9H2,1H3. The van der Waals surface area contributed by atoms with Crippen molar-refractivity contribution in [2.24, 2.45) is 0 Å². The van der Waals surface area contributed by atoms with Crippen molar-refractivity contribution >= 4 is 16.7 Å². The number of hydrogen-bond donors (Lipinski definition) is 0. The number of ketones is 1. The van der Waals surface area contributed by atoms with E-state index in [0.29, 0.717) is 5.56 Å². The summed E-state index contributed by atoms with van der Waals surface area (Å²) >= 11 is 0. The van der Waals surface area contributed by atoms with E-state index in [4.69, 9.17) is 10.00 Å². The Morgan fingerprint density at radius 2 is 2.29 bits per heavy atom. The van der Waals surface area contributed by atoms with Crippen molar-refractivity contribution in [2.75, 3.05) is 13.7 Å². The number of nitriles is 1. The minimum absolute atomic E-state index is 0.00682. The molecule has 0 bridgehead atoms. The summed E-state index contributed by atoms with van der Waals surface area (Å²) < 4.78 is 6.63. The maximum atomic E-state index is 11.5. The summed E-state index contributed by atoms with van der Waals surface area (Å²) in [5, 5.41) is 9.84. The lowest BCUT2D eigenvalue weighted by Crippen LogP contribution is -2.14. The van der Waals surface area contributed by atoms with Crippen LogP contribution >= 0.6 is 0 Å². The molecule has 0 atom stereocenters. The topological polar surface area (TPSA) is 55.0 Å². The zero-order valence-corrected chi connectivity index (χ0v) is 9.51.